The zero-order valence-electron chi connectivity index (χ0n) is 14.4. The van der Waals surface area contributed by atoms with E-state index in [1.54, 1.807) is 0 Å². The minimum atomic E-state index is 0.00947. The van der Waals surface area contributed by atoms with Crippen LogP contribution in [0.15, 0.2) is 48.5 Å². The van der Waals surface area contributed by atoms with Gasteiger partial charge in [0.1, 0.15) is 0 Å². The van der Waals surface area contributed by atoms with Gasteiger partial charge < -0.3 is 15.0 Å². The summed E-state index contributed by atoms with van der Waals surface area (Å²) in [5.41, 5.74) is 4.51. The molecule has 25 heavy (non-hydrogen) atoms. The minimum Gasteiger partial charge on any atom is -0.378 e. The number of anilines is 1. The molecule has 0 spiro atoms. The fraction of sp³-hybridized carbons (Fsp3) is 0.381. The number of fused-ring (bicyclic) bond motifs is 1. The summed E-state index contributed by atoms with van der Waals surface area (Å²) < 4.78 is 5.39. The molecule has 2 aromatic rings. The molecule has 0 bridgehead atoms. The first-order valence-corrected chi connectivity index (χ1v) is 9.13. The first kappa shape index (κ1) is 16.2. The number of rotatable bonds is 3. The lowest BCUT2D eigenvalue weighted by atomic mass is 9.87. The molecule has 2 aliphatic rings. The zero-order chi connectivity index (χ0) is 17.1. The molecule has 1 saturated heterocycles. The predicted octanol–water partition coefficient (Wildman–Crippen LogP) is 3.33. The molecule has 4 heteroatoms. The van der Waals surface area contributed by atoms with Crippen molar-refractivity contribution >= 4 is 11.6 Å². The van der Waals surface area contributed by atoms with Crippen molar-refractivity contribution in [3.8, 4) is 0 Å². The Bertz CT molecular complexity index is 736. The van der Waals surface area contributed by atoms with E-state index < -0.39 is 0 Å². The Kier molecular flexibility index (Phi) is 4.70. The molecule has 0 saturated carbocycles. The lowest BCUT2D eigenvalue weighted by Gasteiger charge is -2.29. The van der Waals surface area contributed by atoms with Gasteiger partial charge in [0.05, 0.1) is 19.3 Å². The zero-order valence-corrected chi connectivity index (χ0v) is 14.4. The number of aryl methyl sites for hydroxylation is 1. The van der Waals surface area contributed by atoms with Gasteiger partial charge in [0.25, 0.3) is 5.91 Å². The minimum absolute atomic E-state index is 0.00947. The van der Waals surface area contributed by atoms with E-state index in [0.717, 1.165) is 56.8 Å². The van der Waals surface area contributed by atoms with Crippen LogP contribution in [0.3, 0.4) is 0 Å². The highest BCUT2D eigenvalue weighted by molar-refractivity contribution is 5.94. The van der Waals surface area contributed by atoms with Gasteiger partial charge in [-0.05, 0) is 54.7 Å². The van der Waals surface area contributed by atoms with Gasteiger partial charge in [0.15, 0.2) is 0 Å². The van der Waals surface area contributed by atoms with Crippen molar-refractivity contribution in [2.24, 2.45) is 0 Å². The number of morpholine rings is 1. The van der Waals surface area contributed by atoms with Gasteiger partial charge in [-0.15, -0.1) is 0 Å². The second-order valence-electron chi connectivity index (χ2n) is 6.76. The Morgan fingerprint density at radius 1 is 1.04 bits per heavy atom. The van der Waals surface area contributed by atoms with Crippen LogP contribution in [0, 0.1) is 0 Å². The number of nitrogens with one attached hydrogen (secondary N) is 1. The first-order valence-electron chi connectivity index (χ1n) is 9.13. The van der Waals surface area contributed by atoms with Crippen LogP contribution in [0.4, 0.5) is 5.69 Å². The molecule has 4 nitrogen and oxygen atoms in total. The van der Waals surface area contributed by atoms with Gasteiger partial charge in [0, 0.05) is 24.3 Å². The molecular formula is C21H24N2O2. The summed E-state index contributed by atoms with van der Waals surface area (Å²) in [4.78, 5) is 15.0. The normalized spacial score (nSPS) is 20.0. The largest absolute Gasteiger partial charge is 0.378 e. The van der Waals surface area contributed by atoms with E-state index >= 15 is 0 Å². The number of ether oxygens (including phenoxy) is 1. The van der Waals surface area contributed by atoms with E-state index in [0.29, 0.717) is 0 Å². The molecule has 1 fully saturated rings. The van der Waals surface area contributed by atoms with E-state index in [4.69, 9.17) is 4.74 Å². The average Bonchev–Trinajstić information content (AvgIpc) is 2.69. The Hall–Kier alpha value is -2.33. The van der Waals surface area contributed by atoms with E-state index in [1.165, 1.54) is 11.1 Å². The Morgan fingerprint density at radius 3 is 2.60 bits per heavy atom. The van der Waals surface area contributed by atoms with Crippen molar-refractivity contribution in [1.29, 1.82) is 0 Å². The van der Waals surface area contributed by atoms with E-state index in [-0.39, 0.29) is 11.9 Å². The molecule has 1 aliphatic heterocycles. The number of carbonyl (C=O) groups is 1. The number of benzene rings is 2. The summed E-state index contributed by atoms with van der Waals surface area (Å²) in [7, 11) is 0. The van der Waals surface area contributed by atoms with Crippen molar-refractivity contribution in [3.63, 3.8) is 0 Å². The predicted molar refractivity (Wildman–Crippen MR) is 99.1 cm³/mol. The van der Waals surface area contributed by atoms with Crippen molar-refractivity contribution in [2.75, 3.05) is 31.2 Å². The number of carbonyl (C=O) groups excluding carboxylic acids is 1. The summed E-state index contributed by atoms with van der Waals surface area (Å²) in [6, 6.07) is 16.5. The summed E-state index contributed by atoms with van der Waals surface area (Å²) in [6.07, 6.45) is 3.24. The van der Waals surface area contributed by atoms with E-state index in [1.807, 2.05) is 24.3 Å². The summed E-state index contributed by atoms with van der Waals surface area (Å²) in [5.74, 6) is 0.00947. The molecule has 1 amide bonds. The van der Waals surface area contributed by atoms with Gasteiger partial charge in [-0.2, -0.15) is 0 Å². The molecule has 2 aromatic carbocycles. The van der Waals surface area contributed by atoms with Gasteiger partial charge in [-0.25, -0.2) is 0 Å². The molecule has 0 unspecified atom stereocenters. The van der Waals surface area contributed by atoms with Crippen LogP contribution in [-0.4, -0.2) is 32.2 Å². The highest BCUT2D eigenvalue weighted by Crippen LogP contribution is 2.29. The van der Waals surface area contributed by atoms with Gasteiger partial charge >= 0.3 is 0 Å². The third-order valence-electron chi connectivity index (χ3n) is 5.18. The van der Waals surface area contributed by atoms with Crippen molar-refractivity contribution < 1.29 is 9.53 Å². The van der Waals surface area contributed by atoms with Gasteiger partial charge in [0.2, 0.25) is 0 Å². The Labute approximate surface area is 148 Å². The average molecular weight is 336 g/mol. The Balaban J connectivity index is 1.45. The number of nitrogens with zero attached hydrogens (tertiary/aromatic N) is 1. The van der Waals surface area contributed by atoms with Gasteiger partial charge in [-0.3, -0.25) is 4.79 Å². The summed E-state index contributed by atoms with van der Waals surface area (Å²) in [6.45, 7) is 3.35. The third-order valence-corrected chi connectivity index (χ3v) is 5.18. The second-order valence-corrected chi connectivity index (χ2v) is 6.76. The van der Waals surface area contributed by atoms with Crippen molar-refractivity contribution in [3.05, 3.63) is 65.2 Å². The van der Waals surface area contributed by atoms with Crippen LogP contribution in [-0.2, 0) is 11.2 Å². The quantitative estimate of drug-likeness (QED) is 0.935. The van der Waals surface area contributed by atoms with Crippen molar-refractivity contribution in [2.45, 2.75) is 25.3 Å². The fourth-order valence-corrected chi connectivity index (χ4v) is 3.79. The SMILES string of the molecule is O=C(N[C@H]1CCCc2ccccc21)c1ccc(N2CCOCC2)cc1. The maximum Gasteiger partial charge on any atom is 0.251 e. The molecule has 0 radical (unpaired) electrons. The van der Waals surface area contributed by atoms with Crippen LogP contribution in [0.2, 0.25) is 0 Å². The molecule has 1 aliphatic carbocycles. The maximum absolute atomic E-state index is 12.7. The molecule has 0 aromatic heterocycles. The lowest BCUT2D eigenvalue weighted by Crippen LogP contribution is -2.36. The first-order chi connectivity index (χ1) is 12.3. The molecule has 130 valence electrons. The summed E-state index contributed by atoms with van der Waals surface area (Å²) in [5, 5.41) is 3.22. The number of hydrogen-bond acceptors (Lipinski definition) is 3. The topological polar surface area (TPSA) is 41.6 Å². The monoisotopic (exact) mass is 336 g/mol. The van der Waals surface area contributed by atoms with Crippen LogP contribution < -0.4 is 10.2 Å². The summed E-state index contributed by atoms with van der Waals surface area (Å²) >= 11 is 0. The van der Waals surface area contributed by atoms with Crippen LogP contribution in [0.1, 0.15) is 40.4 Å². The maximum atomic E-state index is 12.7. The molecule has 1 atom stereocenters. The van der Waals surface area contributed by atoms with Crippen LogP contribution >= 0.6 is 0 Å². The van der Waals surface area contributed by atoms with Crippen molar-refractivity contribution in [1.82, 2.24) is 5.32 Å². The highest BCUT2D eigenvalue weighted by Gasteiger charge is 2.22. The third kappa shape index (κ3) is 3.54. The van der Waals surface area contributed by atoms with E-state index in [2.05, 4.69) is 34.5 Å². The molecular weight excluding hydrogens is 312 g/mol. The lowest BCUT2D eigenvalue weighted by molar-refractivity contribution is 0.0932. The highest BCUT2D eigenvalue weighted by atomic mass is 16.5. The molecule has 4 rings (SSSR count). The van der Waals surface area contributed by atoms with Gasteiger partial charge in [-0.1, -0.05) is 24.3 Å². The number of amides is 1. The number of hydrogen-bond donors (Lipinski definition) is 1. The molecule has 1 N–H and O–H groups in total. The standard InChI is InChI=1S/C21H24N2O2/c24-21(22-20-7-3-5-16-4-1-2-6-19(16)20)17-8-10-18(11-9-17)23-12-14-25-15-13-23/h1-2,4,6,8-11,20H,3,5,7,12-15H2,(H,22,24)/t20-/m0/s1. The smallest absolute Gasteiger partial charge is 0.251 e. The molecule has 1 heterocycles. The van der Waals surface area contributed by atoms with Crippen LogP contribution in [0.5, 0.6) is 0 Å². The second kappa shape index (κ2) is 7.28. The fourth-order valence-electron chi connectivity index (χ4n) is 3.79. The Morgan fingerprint density at radius 2 is 1.80 bits per heavy atom. The van der Waals surface area contributed by atoms with E-state index in [9.17, 15) is 4.79 Å². The van der Waals surface area contributed by atoms with Crippen LogP contribution in [0.25, 0.3) is 0 Å².